The highest BCUT2D eigenvalue weighted by Crippen LogP contribution is 2.33. The van der Waals surface area contributed by atoms with Crippen molar-refractivity contribution < 1.29 is 14.4 Å². The van der Waals surface area contributed by atoms with E-state index in [1.54, 1.807) is 12.1 Å². The predicted molar refractivity (Wildman–Crippen MR) is 99.4 cm³/mol. The van der Waals surface area contributed by atoms with Gasteiger partial charge in [0.2, 0.25) is 0 Å². The molecule has 2 N–H and O–H groups in total. The fourth-order valence-electron chi connectivity index (χ4n) is 2.95. The number of Topliss-reactive ketones (excluding diaryl/α,β-unsaturated/α-hetero) is 1. The van der Waals surface area contributed by atoms with Gasteiger partial charge < -0.3 is 0 Å². The first-order chi connectivity index (χ1) is 12.0. The van der Waals surface area contributed by atoms with Crippen molar-refractivity contribution in [2.24, 2.45) is 5.92 Å². The van der Waals surface area contributed by atoms with Crippen molar-refractivity contribution >= 4 is 40.3 Å². The van der Waals surface area contributed by atoms with Crippen molar-refractivity contribution in [1.82, 2.24) is 10.9 Å². The van der Waals surface area contributed by atoms with Gasteiger partial charge in [-0.25, -0.2) is 0 Å². The molecule has 0 saturated heterocycles. The van der Waals surface area contributed by atoms with Crippen LogP contribution < -0.4 is 10.9 Å². The Bertz CT molecular complexity index is 822. The van der Waals surface area contributed by atoms with Gasteiger partial charge in [0.05, 0.1) is 14.6 Å². The predicted octanol–water partition coefficient (Wildman–Crippen LogP) is 3.60. The number of fused-ring (bicyclic) bond motifs is 1. The fourth-order valence-corrected chi connectivity index (χ4v) is 4.85. The summed E-state index contributed by atoms with van der Waals surface area (Å²) in [7, 11) is 0. The summed E-state index contributed by atoms with van der Waals surface area (Å²) in [6.45, 7) is 3.66. The van der Waals surface area contributed by atoms with Gasteiger partial charge in [0, 0.05) is 4.88 Å². The van der Waals surface area contributed by atoms with Crippen LogP contribution in [0.4, 0.5) is 0 Å². The second kappa shape index (κ2) is 7.49. The number of amides is 2. The van der Waals surface area contributed by atoms with Crippen LogP contribution in [0.15, 0.2) is 18.2 Å². The second-order valence-electron chi connectivity index (χ2n) is 6.20. The fraction of sp³-hybridized carbons (Fsp3) is 0.389. The molecule has 25 heavy (non-hydrogen) atoms. The Kier molecular flexibility index (Phi) is 5.34. The summed E-state index contributed by atoms with van der Waals surface area (Å²) in [5.41, 5.74) is 6.15. The lowest BCUT2D eigenvalue weighted by atomic mass is 9.87. The lowest BCUT2D eigenvalue weighted by Gasteiger charge is -2.19. The number of carbonyl (C=O) groups excluding carboxylic acids is 3. The van der Waals surface area contributed by atoms with Gasteiger partial charge in [0.1, 0.15) is 0 Å². The Labute approximate surface area is 154 Å². The molecule has 7 heteroatoms. The molecule has 1 aliphatic rings. The molecule has 0 unspecified atom stereocenters. The minimum atomic E-state index is -0.418. The van der Waals surface area contributed by atoms with Crippen molar-refractivity contribution in [2.75, 3.05) is 0 Å². The molecular weight excluding hydrogens is 356 g/mol. The van der Waals surface area contributed by atoms with Crippen LogP contribution >= 0.6 is 22.7 Å². The molecule has 0 radical (unpaired) electrons. The number of rotatable bonds is 4. The van der Waals surface area contributed by atoms with E-state index >= 15 is 0 Å². The quantitative estimate of drug-likeness (QED) is 0.632. The summed E-state index contributed by atoms with van der Waals surface area (Å²) in [5.74, 6) is -0.1000. The minimum absolute atomic E-state index is 0.0809. The maximum absolute atomic E-state index is 12.3. The SMILES string of the molecule is CC[C@H]1CCc2sc(C(=O)NNC(=O)c3ccc(C(C)=O)s3)cc2C1. The first kappa shape index (κ1) is 17.8. The molecule has 2 heterocycles. The van der Waals surface area contributed by atoms with Gasteiger partial charge in [0.25, 0.3) is 11.8 Å². The summed E-state index contributed by atoms with van der Waals surface area (Å²) in [5, 5.41) is 0. The van der Waals surface area contributed by atoms with Crippen molar-refractivity contribution in [3.8, 4) is 0 Å². The Morgan fingerprint density at radius 1 is 1.08 bits per heavy atom. The standard InChI is InChI=1S/C18H20N2O3S2/c1-3-11-4-5-14-12(8-11)9-16(25-14)18(23)20-19-17(22)15-7-6-13(24-15)10(2)21/h6-7,9,11H,3-5,8H2,1-2H3,(H,19,22)(H,20,23)/t11-/m0/s1. The highest BCUT2D eigenvalue weighted by molar-refractivity contribution is 7.16. The second-order valence-corrected chi connectivity index (χ2v) is 8.42. The van der Waals surface area contributed by atoms with Crippen LogP contribution in [-0.4, -0.2) is 17.6 Å². The number of carbonyl (C=O) groups is 3. The number of hydrogen-bond donors (Lipinski definition) is 2. The molecule has 5 nitrogen and oxygen atoms in total. The highest BCUT2D eigenvalue weighted by atomic mass is 32.1. The van der Waals surface area contributed by atoms with Crippen molar-refractivity contribution in [3.63, 3.8) is 0 Å². The molecule has 0 fully saturated rings. The van der Waals surface area contributed by atoms with Crippen LogP contribution in [0.2, 0.25) is 0 Å². The molecule has 2 aromatic rings. The highest BCUT2D eigenvalue weighted by Gasteiger charge is 2.22. The third kappa shape index (κ3) is 3.99. The zero-order valence-electron chi connectivity index (χ0n) is 14.2. The largest absolute Gasteiger partial charge is 0.294 e. The van der Waals surface area contributed by atoms with Crippen molar-refractivity contribution in [2.45, 2.75) is 39.5 Å². The van der Waals surface area contributed by atoms with Gasteiger partial charge in [-0.2, -0.15) is 0 Å². The monoisotopic (exact) mass is 376 g/mol. The number of aryl methyl sites for hydroxylation is 1. The van der Waals surface area contributed by atoms with Crippen LogP contribution in [0, 0.1) is 5.92 Å². The maximum Gasteiger partial charge on any atom is 0.279 e. The lowest BCUT2D eigenvalue weighted by Crippen LogP contribution is -2.41. The van der Waals surface area contributed by atoms with E-state index in [9.17, 15) is 14.4 Å². The molecule has 0 aromatic carbocycles. The molecule has 2 aromatic heterocycles. The van der Waals surface area contributed by atoms with Gasteiger partial charge in [-0.3, -0.25) is 25.2 Å². The Morgan fingerprint density at radius 3 is 2.40 bits per heavy atom. The molecular formula is C18H20N2O3S2. The van der Waals surface area contributed by atoms with E-state index in [1.807, 2.05) is 6.07 Å². The third-order valence-corrected chi connectivity index (χ3v) is 6.87. The molecule has 0 aliphatic heterocycles. The van der Waals surface area contributed by atoms with E-state index in [0.717, 1.165) is 30.6 Å². The summed E-state index contributed by atoms with van der Waals surface area (Å²) in [6.07, 6.45) is 4.40. The van der Waals surface area contributed by atoms with Gasteiger partial charge in [-0.15, -0.1) is 22.7 Å². The average Bonchev–Trinajstić information content (AvgIpc) is 3.25. The van der Waals surface area contributed by atoms with E-state index in [4.69, 9.17) is 0 Å². The van der Waals surface area contributed by atoms with Crippen LogP contribution in [0.5, 0.6) is 0 Å². The molecule has 0 saturated carbocycles. The molecule has 2 amide bonds. The van der Waals surface area contributed by atoms with Gasteiger partial charge >= 0.3 is 0 Å². The molecule has 1 atom stereocenters. The molecule has 0 bridgehead atoms. The number of nitrogens with one attached hydrogen (secondary N) is 2. The van der Waals surface area contributed by atoms with E-state index < -0.39 is 5.91 Å². The van der Waals surface area contributed by atoms with E-state index in [0.29, 0.717) is 20.5 Å². The third-order valence-electron chi connectivity index (χ3n) is 4.45. The Hall–Kier alpha value is -1.99. The molecule has 1 aliphatic carbocycles. The van der Waals surface area contributed by atoms with Crippen LogP contribution in [-0.2, 0) is 12.8 Å². The Balaban J connectivity index is 1.60. The topological polar surface area (TPSA) is 75.3 Å². The number of thiophene rings is 2. The molecule has 0 spiro atoms. The zero-order chi connectivity index (χ0) is 18.0. The lowest BCUT2D eigenvalue weighted by molar-refractivity contribution is 0.0851. The average molecular weight is 377 g/mol. The minimum Gasteiger partial charge on any atom is -0.294 e. The summed E-state index contributed by atoms with van der Waals surface area (Å²) < 4.78 is 0. The zero-order valence-corrected chi connectivity index (χ0v) is 15.8. The van der Waals surface area contributed by atoms with Crippen LogP contribution in [0.1, 0.15) is 66.1 Å². The summed E-state index contributed by atoms with van der Waals surface area (Å²) >= 11 is 2.62. The van der Waals surface area contributed by atoms with E-state index in [2.05, 4.69) is 17.8 Å². The van der Waals surface area contributed by atoms with E-state index in [-0.39, 0.29) is 11.7 Å². The van der Waals surface area contributed by atoms with E-state index in [1.165, 1.54) is 35.1 Å². The first-order valence-electron chi connectivity index (χ1n) is 8.31. The number of hydrogen-bond acceptors (Lipinski definition) is 5. The molecule has 132 valence electrons. The number of ketones is 1. The Morgan fingerprint density at radius 2 is 1.76 bits per heavy atom. The van der Waals surface area contributed by atoms with Gasteiger partial charge in [-0.1, -0.05) is 13.3 Å². The van der Waals surface area contributed by atoms with Gasteiger partial charge in [0.15, 0.2) is 5.78 Å². The first-order valence-corrected chi connectivity index (χ1v) is 9.94. The normalized spacial score (nSPS) is 16.2. The molecule has 3 rings (SSSR count). The summed E-state index contributed by atoms with van der Waals surface area (Å²) in [6, 6.07) is 5.14. The maximum atomic E-state index is 12.3. The number of hydrazine groups is 1. The smallest absolute Gasteiger partial charge is 0.279 e. The van der Waals surface area contributed by atoms with Crippen LogP contribution in [0.25, 0.3) is 0 Å². The summed E-state index contributed by atoms with van der Waals surface area (Å²) in [4.78, 5) is 38.5. The van der Waals surface area contributed by atoms with Gasteiger partial charge in [-0.05, 0) is 55.9 Å². The van der Waals surface area contributed by atoms with Crippen molar-refractivity contribution in [1.29, 1.82) is 0 Å². The van der Waals surface area contributed by atoms with Crippen LogP contribution in [0.3, 0.4) is 0 Å². The van der Waals surface area contributed by atoms with Crippen molar-refractivity contribution in [3.05, 3.63) is 43.3 Å².